The number of fused-ring (bicyclic) bond motifs is 1. The monoisotopic (exact) mass is 330 g/mol. The predicted octanol–water partition coefficient (Wildman–Crippen LogP) is 2.67. The lowest BCUT2D eigenvalue weighted by Crippen LogP contribution is -2.25. The fourth-order valence-corrected chi connectivity index (χ4v) is 2.77. The summed E-state index contributed by atoms with van der Waals surface area (Å²) in [6.45, 7) is 1.57. The van der Waals surface area contributed by atoms with Crippen LogP contribution in [0.3, 0.4) is 0 Å². The van der Waals surface area contributed by atoms with E-state index >= 15 is 0 Å². The molecule has 6 heteroatoms. The normalized spacial score (nSPS) is 12.5. The highest BCUT2D eigenvalue weighted by Gasteiger charge is 2.19. The van der Waals surface area contributed by atoms with Gasteiger partial charge in [0.2, 0.25) is 0 Å². The van der Waals surface area contributed by atoms with Gasteiger partial charge in [-0.25, -0.2) is 4.98 Å². The van der Waals surface area contributed by atoms with E-state index in [0.29, 0.717) is 21.7 Å². The smallest absolute Gasteiger partial charge is 0.263 e. The van der Waals surface area contributed by atoms with Crippen molar-refractivity contribution in [1.82, 2.24) is 9.55 Å². The van der Waals surface area contributed by atoms with Crippen molar-refractivity contribution in [3.8, 4) is 11.4 Å². The van der Waals surface area contributed by atoms with Crippen LogP contribution in [0.4, 0.5) is 0 Å². The molecule has 23 heavy (non-hydrogen) atoms. The summed E-state index contributed by atoms with van der Waals surface area (Å²) in [4.78, 5) is 17.1. The number of aliphatic hydroxyl groups excluding tert-OH is 1. The maximum atomic E-state index is 12.9. The van der Waals surface area contributed by atoms with Crippen molar-refractivity contribution in [2.45, 2.75) is 19.4 Å². The molecular formula is C17H15ClN2O3. The number of aromatic nitrogens is 2. The van der Waals surface area contributed by atoms with E-state index in [2.05, 4.69) is 4.98 Å². The molecule has 3 rings (SSSR count). The lowest BCUT2D eigenvalue weighted by atomic mass is 10.1. The van der Waals surface area contributed by atoms with E-state index in [0.717, 1.165) is 0 Å². The molecule has 2 aromatic heterocycles. The zero-order valence-electron chi connectivity index (χ0n) is 12.4. The van der Waals surface area contributed by atoms with Crippen LogP contribution in [-0.2, 0) is 6.42 Å². The van der Waals surface area contributed by atoms with E-state index in [4.69, 9.17) is 11.6 Å². The third-order valence-electron chi connectivity index (χ3n) is 3.57. The second-order valence-corrected chi connectivity index (χ2v) is 5.81. The number of nitrogens with zero attached hydrogens (tertiary/aromatic N) is 2. The van der Waals surface area contributed by atoms with Gasteiger partial charge in [-0.2, -0.15) is 0 Å². The Balaban J connectivity index is 2.42. The molecule has 0 bridgehead atoms. The molecule has 118 valence electrons. The number of pyridine rings is 2. The van der Waals surface area contributed by atoms with Gasteiger partial charge < -0.3 is 10.2 Å². The van der Waals surface area contributed by atoms with Crippen LogP contribution in [0.5, 0.6) is 5.75 Å². The Bertz CT molecular complexity index is 935. The third-order valence-corrected chi connectivity index (χ3v) is 3.80. The predicted molar refractivity (Wildman–Crippen MR) is 89.4 cm³/mol. The highest BCUT2D eigenvalue weighted by Crippen LogP contribution is 2.27. The van der Waals surface area contributed by atoms with Gasteiger partial charge in [0.1, 0.15) is 5.75 Å². The number of hydrogen-bond donors (Lipinski definition) is 2. The highest BCUT2D eigenvalue weighted by molar-refractivity contribution is 6.30. The van der Waals surface area contributed by atoms with Crippen LogP contribution in [-0.4, -0.2) is 25.9 Å². The van der Waals surface area contributed by atoms with E-state index in [1.807, 2.05) is 0 Å². The maximum absolute atomic E-state index is 12.9. The Hall–Kier alpha value is -2.37. The second-order valence-electron chi connectivity index (χ2n) is 5.38. The van der Waals surface area contributed by atoms with E-state index < -0.39 is 11.7 Å². The standard InChI is InChI=1S/C17H15ClN2O3/c1-10(21)8-14-15(22)13-6-3-7-19-16(13)20(17(14)23)12-5-2-4-11(18)9-12/h2-7,9-10,21-22H,8H2,1H3. The molecule has 0 aliphatic rings. The second kappa shape index (κ2) is 6.02. The van der Waals surface area contributed by atoms with Gasteiger partial charge in [-0.3, -0.25) is 9.36 Å². The summed E-state index contributed by atoms with van der Waals surface area (Å²) >= 11 is 6.03. The van der Waals surface area contributed by atoms with E-state index in [1.54, 1.807) is 49.5 Å². The van der Waals surface area contributed by atoms with Gasteiger partial charge in [0.25, 0.3) is 5.56 Å². The summed E-state index contributed by atoms with van der Waals surface area (Å²) in [5.74, 6) is -0.141. The lowest BCUT2D eigenvalue weighted by molar-refractivity contribution is 0.194. The van der Waals surface area contributed by atoms with Crippen molar-refractivity contribution in [1.29, 1.82) is 0 Å². The van der Waals surface area contributed by atoms with Gasteiger partial charge in [-0.1, -0.05) is 17.7 Å². The molecular weight excluding hydrogens is 316 g/mol. The minimum Gasteiger partial charge on any atom is -0.507 e. The first kappa shape index (κ1) is 15.5. The maximum Gasteiger partial charge on any atom is 0.263 e. The molecule has 0 amide bonds. The quantitative estimate of drug-likeness (QED) is 0.774. The topological polar surface area (TPSA) is 75.3 Å². The summed E-state index contributed by atoms with van der Waals surface area (Å²) in [7, 11) is 0. The first-order valence-corrected chi connectivity index (χ1v) is 7.52. The molecule has 0 fully saturated rings. The van der Waals surface area contributed by atoms with E-state index in [9.17, 15) is 15.0 Å². The lowest BCUT2D eigenvalue weighted by Gasteiger charge is -2.15. The van der Waals surface area contributed by atoms with Gasteiger partial charge in [0.15, 0.2) is 5.65 Å². The Morgan fingerprint density at radius 1 is 1.30 bits per heavy atom. The van der Waals surface area contributed by atoms with Gasteiger partial charge >= 0.3 is 0 Å². The molecule has 0 saturated carbocycles. The van der Waals surface area contributed by atoms with Crippen molar-refractivity contribution in [2.75, 3.05) is 0 Å². The molecule has 1 aromatic carbocycles. The molecule has 1 unspecified atom stereocenters. The van der Waals surface area contributed by atoms with Crippen LogP contribution in [0.2, 0.25) is 5.02 Å². The minimum atomic E-state index is -0.754. The number of rotatable bonds is 3. The molecule has 2 N–H and O–H groups in total. The average molecular weight is 331 g/mol. The minimum absolute atomic E-state index is 0.0517. The van der Waals surface area contributed by atoms with Crippen LogP contribution in [0.1, 0.15) is 12.5 Å². The van der Waals surface area contributed by atoms with Crippen LogP contribution >= 0.6 is 11.6 Å². The molecule has 5 nitrogen and oxygen atoms in total. The zero-order valence-corrected chi connectivity index (χ0v) is 13.2. The molecule has 3 aromatic rings. The summed E-state index contributed by atoms with van der Waals surface area (Å²) < 4.78 is 1.40. The summed E-state index contributed by atoms with van der Waals surface area (Å²) in [5, 5.41) is 21.0. The number of aromatic hydroxyl groups is 1. The molecule has 0 spiro atoms. The Morgan fingerprint density at radius 2 is 2.09 bits per heavy atom. The van der Waals surface area contributed by atoms with Crippen molar-refractivity contribution < 1.29 is 10.2 Å². The number of aliphatic hydroxyl groups is 1. The summed E-state index contributed by atoms with van der Waals surface area (Å²) in [5.41, 5.74) is 0.627. The fraction of sp³-hybridized carbons (Fsp3) is 0.176. The van der Waals surface area contributed by atoms with Gasteiger partial charge in [0.05, 0.1) is 22.7 Å². The third kappa shape index (κ3) is 2.81. The molecule has 0 aliphatic heterocycles. The van der Waals surface area contributed by atoms with Crippen LogP contribution < -0.4 is 5.56 Å². The highest BCUT2D eigenvalue weighted by atomic mass is 35.5. The van der Waals surface area contributed by atoms with Gasteiger partial charge in [-0.15, -0.1) is 0 Å². The van der Waals surface area contributed by atoms with E-state index in [-0.39, 0.29) is 17.7 Å². The summed E-state index contributed by atoms with van der Waals surface area (Å²) in [6, 6.07) is 10.2. The van der Waals surface area contributed by atoms with Crippen LogP contribution in [0.25, 0.3) is 16.7 Å². The van der Waals surface area contributed by atoms with Gasteiger partial charge in [0, 0.05) is 17.6 Å². The van der Waals surface area contributed by atoms with Crippen LogP contribution in [0, 0.1) is 0 Å². The number of benzene rings is 1. The molecule has 0 saturated heterocycles. The fourth-order valence-electron chi connectivity index (χ4n) is 2.59. The first-order valence-electron chi connectivity index (χ1n) is 7.14. The summed E-state index contributed by atoms with van der Waals surface area (Å²) in [6.07, 6.45) is 0.850. The van der Waals surface area contributed by atoms with Crippen LogP contribution in [0.15, 0.2) is 47.4 Å². The number of halogens is 1. The largest absolute Gasteiger partial charge is 0.507 e. The molecule has 1 atom stereocenters. The first-order chi connectivity index (χ1) is 11.0. The van der Waals surface area contributed by atoms with E-state index in [1.165, 1.54) is 4.57 Å². The number of hydrogen-bond acceptors (Lipinski definition) is 4. The van der Waals surface area contributed by atoms with Crippen molar-refractivity contribution in [3.63, 3.8) is 0 Å². The molecule has 0 radical (unpaired) electrons. The Kier molecular flexibility index (Phi) is 4.07. The van der Waals surface area contributed by atoms with Crippen molar-refractivity contribution in [2.24, 2.45) is 0 Å². The molecule has 2 heterocycles. The Labute approximate surface area is 137 Å². The van der Waals surface area contributed by atoms with Crippen molar-refractivity contribution in [3.05, 3.63) is 63.5 Å². The average Bonchev–Trinajstić information content (AvgIpc) is 2.51. The zero-order chi connectivity index (χ0) is 16.6. The van der Waals surface area contributed by atoms with Gasteiger partial charge in [-0.05, 0) is 37.3 Å². The van der Waals surface area contributed by atoms with Crippen molar-refractivity contribution >= 4 is 22.6 Å². The molecule has 0 aliphatic carbocycles. The Morgan fingerprint density at radius 3 is 2.78 bits per heavy atom. The SMILES string of the molecule is CC(O)Cc1c(O)c2cccnc2n(-c2cccc(Cl)c2)c1=O.